The van der Waals surface area contributed by atoms with Gasteiger partial charge in [0.25, 0.3) is 0 Å². The summed E-state index contributed by atoms with van der Waals surface area (Å²) in [5, 5.41) is 13.0. The highest BCUT2D eigenvalue weighted by atomic mass is 16.3. The van der Waals surface area contributed by atoms with Gasteiger partial charge in [-0.3, -0.25) is 0 Å². The predicted octanol–water partition coefficient (Wildman–Crippen LogP) is 0.940. The fourth-order valence-corrected chi connectivity index (χ4v) is 2.12. The number of nitrogens with zero attached hydrogens (tertiary/aromatic N) is 1. The number of hydrazine groups is 1. The minimum Gasteiger partial charge on any atom is -0.393 e. The molecule has 0 amide bonds. The molecular weight excluding hydrogens is 204 g/mol. The maximum Gasteiger partial charge on any atom is 0.141 e. The van der Waals surface area contributed by atoms with Crippen LogP contribution < -0.4 is 16.6 Å². The Hall–Kier alpha value is -1.33. The fraction of sp³-hybridized carbons (Fsp3) is 0.545. The molecule has 5 heteroatoms. The first kappa shape index (κ1) is 11.2. The lowest BCUT2D eigenvalue weighted by Crippen LogP contribution is -2.22. The number of aliphatic hydroxyl groups is 1. The van der Waals surface area contributed by atoms with Crippen molar-refractivity contribution in [1.29, 1.82) is 0 Å². The van der Waals surface area contributed by atoms with Crippen LogP contribution in [0, 0.1) is 5.92 Å². The number of pyridine rings is 1. The Bertz CT molecular complexity index is 345. The topological polar surface area (TPSA) is 83.2 Å². The zero-order valence-electron chi connectivity index (χ0n) is 9.19. The van der Waals surface area contributed by atoms with Gasteiger partial charge in [0.1, 0.15) is 5.82 Å². The molecule has 2 rings (SSSR count). The molecular formula is C11H18N4O. The third kappa shape index (κ3) is 2.62. The molecule has 0 saturated heterocycles. The number of anilines is 2. The molecule has 1 aromatic rings. The third-order valence-corrected chi connectivity index (χ3v) is 3.10. The van der Waals surface area contributed by atoms with Gasteiger partial charge in [0, 0.05) is 30.4 Å². The van der Waals surface area contributed by atoms with Gasteiger partial charge in [0.15, 0.2) is 0 Å². The van der Waals surface area contributed by atoms with Crippen molar-refractivity contribution in [2.45, 2.75) is 25.4 Å². The van der Waals surface area contributed by atoms with E-state index in [0.29, 0.717) is 11.7 Å². The van der Waals surface area contributed by atoms with Crippen LogP contribution in [0.3, 0.4) is 0 Å². The van der Waals surface area contributed by atoms with Crippen molar-refractivity contribution in [3.63, 3.8) is 0 Å². The van der Waals surface area contributed by atoms with Gasteiger partial charge in [0.2, 0.25) is 0 Å². The summed E-state index contributed by atoms with van der Waals surface area (Å²) in [6, 6.07) is 3.74. The number of rotatable bonds is 4. The molecule has 0 aliphatic heterocycles. The van der Waals surface area contributed by atoms with Crippen molar-refractivity contribution in [1.82, 2.24) is 4.98 Å². The second-order valence-corrected chi connectivity index (χ2v) is 4.21. The summed E-state index contributed by atoms with van der Waals surface area (Å²) in [5.74, 6) is 6.28. The van der Waals surface area contributed by atoms with E-state index in [0.717, 1.165) is 31.5 Å². The summed E-state index contributed by atoms with van der Waals surface area (Å²) < 4.78 is 0. The minimum atomic E-state index is -0.151. The van der Waals surface area contributed by atoms with E-state index in [-0.39, 0.29) is 6.10 Å². The van der Waals surface area contributed by atoms with Crippen LogP contribution in [0.5, 0.6) is 0 Å². The van der Waals surface area contributed by atoms with Crippen molar-refractivity contribution in [3.05, 3.63) is 18.3 Å². The molecule has 0 bridgehead atoms. The molecule has 1 saturated carbocycles. The number of hydrogen-bond donors (Lipinski definition) is 4. The van der Waals surface area contributed by atoms with Crippen LogP contribution in [0.15, 0.2) is 18.3 Å². The average molecular weight is 222 g/mol. The largest absolute Gasteiger partial charge is 0.393 e. The first-order chi connectivity index (χ1) is 7.79. The molecule has 1 fully saturated rings. The Labute approximate surface area is 95.0 Å². The quantitative estimate of drug-likeness (QED) is 0.450. The van der Waals surface area contributed by atoms with E-state index in [1.165, 1.54) is 0 Å². The second-order valence-electron chi connectivity index (χ2n) is 4.21. The Morgan fingerprint density at radius 1 is 1.50 bits per heavy atom. The van der Waals surface area contributed by atoms with E-state index in [2.05, 4.69) is 15.7 Å². The Kier molecular flexibility index (Phi) is 3.58. The molecule has 1 heterocycles. The molecule has 1 aromatic heterocycles. The van der Waals surface area contributed by atoms with E-state index in [9.17, 15) is 5.11 Å². The normalized spacial score (nSPS) is 24.4. The summed E-state index contributed by atoms with van der Waals surface area (Å²) in [7, 11) is 0. The lowest BCUT2D eigenvalue weighted by atomic mass is 10.1. The molecule has 5 nitrogen and oxygen atoms in total. The maximum absolute atomic E-state index is 9.68. The Balaban J connectivity index is 1.88. The zero-order valence-corrected chi connectivity index (χ0v) is 9.19. The molecule has 1 aliphatic rings. The van der Waals surface area contributed by atoms with Gasteiger partial charge in [0.05, 0.1) is 6.10 Å². The van der Waals surface area contributed by atoms with Gasteiger partial charge < -0.3 is 15.8 Å². The van der Waals surface area contributed by atoms with E-state index < -0.39 is 0 Å². The summed E-state index contributed by atoms with van der Waals surface area (Å²) in [6.45, 7) is 0.801. The van der Waals surface area contributed by atoms with Gasteiger partial charge in [-0.1, -0.05) is 6.42 Å². The van der Waals surface area contributed by atoms with Crippen LogP contribution in [0.1, 0.15) is 19.3 Å². The summed E-state index contributed by atoms with van der Waals surface area (Å²) in [6.07, 6.45) is 4.70. The third-order valence-electron chi connectivity index (χ3n) is 3.10. The molecule has 0 spiro atoms. The van der Waals surface area contributed by atoms with Crippen molar-refractivity contribution < 1.29 is 5.11 Å². The van der Waals surface area contributed by atoms with Crippen LogP contribution in [-0.4, -0.2) is 22.7 Å². The van der Waals surface area contributed by atoms with Crippen molar-refractivity contribution in [2.75, 3.05) is 17.3 Å². The second kappa shape index (κ2) is 5.14. The van der Waals surface area contributed by atoms with Crippen molar-refractivity contribution in [3.8, 4) is 0 Å². The van der Waals surface area contributed by atoms with Crippen molar-refractivity contribution in [2.24, 2.45) is 11.8 Å². The molecule has 2 unspecified atom stereocenters. The average Bonchev–Trinajstić information content (AvgIpc) is 2.72. The van der Waals surface area contributed by atoms with E-state index >= 15 is 0 Å². The molecule has 0 aromatic carbocycles. The van der Waals surface area contributed by atoms with Gasteiger partial charge in [-0.05, 0) is 18.9 Å². The van der Waals surface area contributed by atoms with Crippen LogP contribution in [0.4, 0.5) is 11.5 Å². The van der Waals surface area contributed by atoms with Crippen LogP contribution in [-0.2, 0) is 0 Å². The smallest absolute Gasteiger partial charge is 0.141 e. The monoisotopic (exact) mass is 222 g/mol. The first-order valence-electron chi connectivity index (χ1n) is 5.64. The predicted molar refractivity (Wildman–Crippen MR) is 63.9 cm³/mol. The van der Waals surface area contributed by atoms with Gasteiger partial charge in [-0.25, -0.2) is 10.8 Å². The molecule has 88 valence electrons. The molecule has 2 atom stereocenters. The first-order valence-corrected chi connectivity index (χ1v) is 5.64. The summed E-state index contributed by atoms with van der Waals surface area (Å²) in [5.41, 5.74) is 3.48. The van der Waals surface area contributed by atoms with Crippen LogP contribution in [0.2, 0.25) is 0 Å². The number of nitrogen functional groups attached to an aromatic ring is 1. The Morgan fingerprint density at radius 3 is 3.06 bits per heavy atom. The summed E-state index contributed by atoms with van der Waals surface area (Å²) >= 11 is 0. The molecule has 16 heavy (non-hydrogen) atoms. The fourth-order valence-electron chi connectivity index (χ4n) is 2.12. The van der Waals surface area contributed by atoms with E-state index in [4.69, 9.17) is 5.84 Å². The highest BCUT2D eigenvalue weighted by molar-refractivity contribution is 5.51. The molecule has 0 radical (unpaired) electrons. The van der Waals surface area contributed by atoms with Crippen LogP contribution >= 0.6 is 0 Å². The number of aromatic nitrogens is 1. The van der Waals surface area contributed by atoms with Gasteiger partial charge in [-0.15, -0.1) is 0 Å². The number of nitrogens with two attached hydrogens (primary N) is 1. The van der Waals surface area contributed by atoms with Gasteiger partial charge >= 0.3 is 0 Å². The highest BCUT2D eigenvalue weighted by Crippen LogP contribution is 2.25. The Morgan fingerprint density at radius 2 is 2.38 bits per heavy atom. The SMILES string of the molecule is NNc1cc(NCC2CCCC2O)ccn1. The van der Waals surface area contributed by atoms with Crippen molar-refractivity contribution >= 4 is 11.5 Å². The summed E-state index contributed by atoms with van der Waals surface area (Å²) in [4.78, 5) is 4.03. The lowest BCUT2D eigenvalue weighted by Gasteiger charge is -2.16. The number of aliphatic hydroxyl groups excluding tert-OH is 1. The number of hydrogen-bond acceptors (Lipinski definition) is 5. The van der Waals surface area contributed by atoms with Gasteiger partial charge in [-0.2, -0.15) is 0 Å². The minimum absolute atomic E-state index is 0.151. The van der Waals surface area contributed by atoms with E-state index in [1.807, 2.05) is 12.1 Å². The highest BCUT2D eigenvalue weighted by Gasteiger charge is 2.24. The molecule has 1 aliphatic carbocycles. The lowest BCUT2D eigenvalue weighted by molar-refractivity contribution is 0.138. The maximum atomic E-state index is 9.68. The molecule has 5 N–H and O–H groups in total. The standard InChI is InChI=1S/C11H18N4O/c12-15-11-6-9(4-5-13-11)14-7-8-2-1-3-10(8)16/h4-6,8,10,16H,1-3,7,12H2,(H2,13,14,15). The number of nitrogens with one attached hydrogen (secondary N) is 2. The van der Waals surface area contributed by atoms with E-state index in [1.54, 1.807) is 6.20 Å². The zero-order chi connectivity index (χ0) is 11.4. The van der Waals surface area contributed by atoms with Crippen LogP contribution in [0.25, 0.3) is 0 Å².